The first-order chi connectivity index (χ1) is 15.7. The Morgan fingerprint density at radius 2 is 1.91 bits per heavy atom. The number of alkyl halides is 3. The van der Waals surface area contributed by atoms with Crippen molar-refractivity contribution in [2.24, 2.45) is 11.7 Å². The van der Waals surface area contributed by atoms with Crippen molar-refractivity contribution in [1.29, 1.82) is 0 Å². The van der Waals surface area contributed by atoms with E-state index in [1.54, 1.807) is 0 Å². The summed E-state index contributed by atoms with van der Waals surface area (Å²) < 4.78 is 80.2. The van der Waals surface area contributed by atoms with Gasteiger partial charge in [-0.2, -0.15) is 22.3 Å². The van der Waals surface area contributed by atoms with Crippen molar-refractivity contribution >= 4 is 17.5 Å². The van der Waals surface area contributed by atoms with E-state index in [0.29, 0.717) is 6.07 Å². The monoisotopic (exact) mass is 489 g/mol. The van der Waals surface area contributed by atoms with E-state index in [0.717, 1.165) is 38.4 Å². The number of methoxy groups -OCH3 is 1. The number of nitrogens with two attached hydrogens (primary N) is 1. The topological polar surface area (TPSA) is 118 Å². The number of ether oxygens (including phenoxy) is 2. The van der Waals surface area contributed by atoms with Gasteiger partial charge >= 0.3 is 12.1 Å². The Hall–Kier alpha value is -3.48. The second kappa shape index (κ2) is 8.70. The van der Waals surface area contributed by atoms with Gasteiger partial charge in [-0.15, -0.1) is 0 Å². The van der Waals surface area contributed by atoms with Crippen molar-refractivity contribution in [1.82, 2.24) is 0 Å². The first-order valence-corrected chi connectivity index (χ1v) is 9.83. The Bertz CT molecular complexity index is 1140. The Morgan fingerprint density at radius 1 is 1.26 bits per heavy atom. The molecule has 1 aromatic carbocycles. The van der Waals surface area contributed by atoms with E-state index in [2.05, 4.69) is 5.32 Å². The van der Waals surface area contributed by atoms with Gasteiger partial charge in [0.25, 0.3) is 11.6 Å². The van der Waals surface area contributed by atoms with Gasteiger partial charge in [-0.25, -0.2) is 4.39 Å². The minimum absolute atomic E-state index is 0.126. The highest BCUT2D eigenvalue weighted by atomic mass is 19.4. The fourth-order valence-electron chi connectivity index (χ4n) is 4.00. The molecule has 34 heavy (non-hydrogen) atoms. The van der Waals surface area contributed by atoms with Crippen molar-refractivity contribution < 1.29 is 45.7 Å². The third-order valence-electron chi connectivity index (χ3n) is 6.01. The third kappa shape index (κ3) is 4.11. The molecular weight excluding hydrogens is 469 g/mol. The summed E-state index contributed by atoms with van der Waals surface area (Å²) in [6.07, 6.45) is -5.90. The van der Waals surface area contributed by atoms with Crippen LogP contribution in [0, 0.1) is 22.8 Å². The number of nitrogens with zero attached hydrogens (tertiary/aromatic N) is 1. The molecule has 8 nitrogen and oxygen atoms in total. The standard InChI is InChI=1S/C21H20F5N3O5/c1-9-14(11-4-5-12(22)15(23)16(11)33-3)17(34-20(9,2)21(24,25)26)19(31)28-10-6-7-29(32)13(8-10)18(27)30/h4-9,14,17H,1-3H3,(H2,27,30)(H,28,31)/t9-,14-,17-,20-/m0/s1. The summed E-state index contributed by atoms with van der Waals surface area (Å²) in [5.74, 6) is -8.43. The number of carbonyl (C=O) groups excluding carboxylic acids is 2. The van der Waals surface area contributed by atoms with Gasteiger partial charge in [0, 0.05) is 29.5 Å². The molecular formula is C21H20F5N3O5. The van der Waals surface area contributed by atoms with Crippen LogP contribution < -0.4 is 20.5 Å². The van der Waals surface area contributed by atoms with Crippen LogP contribution in [0.25, 0.3) is 0 Å². The number of pyridine rings is 1. The number of benzene rings is 1. The minimum Gasteiger partial charge on any atom is -0.618 e. The Kier molecular flexibility index (Phi) is 6.44. The summed E-state index contributed by atoms with van der Waals surface area (Å²) in [6.45, 7) is 1.92. The average molecular weight is 489 g/mol. The highest BCUT2D eigenvalue weighted by Crippen LogP contribution is 2.55. The Morgan fingerprint density at radius 3 is 2.47 bits per heavy atom. The number of halogens is 5. The first-order valence-electron chi connectivity index (χ1n) is 9.83. The van der Waals surface area contributed by atoms with E-state index in [1.807, 2.05) is 0 Å². The highest BCUT2D eigenvalue weighted by Gasteiger charge is 2.65. The molecule has 3 N–H and O–H groups in total. The van der Waals surface area contributed by atoms with E-state index in [-0.39, 0.29) is 16.0 Å². The lowest BCUT2D eigenvalue weighted by atomic mass is 9.77. The molecule has 0 unspecified atom stereocenters. The fraction of sp³-hybridized carbons (Fsp3) is 0.381. The molecule has 4 atom stereocenters. The number of anilines is 1. The maximum absolute atomic E-state index is 14.4. The molecule has 0 spiro atoms. The van der Waals surface area contributed by atoms with Crippen LogP contribution in [0.2, 0.25) is 0 Å². The number of rotatable bonds is 5. The molecule has 2 heterocycles. The van der Waals surface area contributed by atoms with Crippen LogP contribution in [-0.2, 0) is 9.53 Å². The van der Waals surface area contributed by atoms with Gasteiger partial charge < -0.3 is 25.7 Å². The summed E-state index contributed by atoms with van der Waals surface area (Å²) in [7, 11) is 1.01. The van der Waals surface area contributed by atoms with E-state index in [1.165, 1.54) is 6.92 Å². The molecule has 1 fully saturated rings. The lowest BCUT2D eigenvalue weighted by molar-refractivity contribution is -0.607. The highest BCUT2D eigenvalue weighted by molar-refractivity contribution is 5.97. The second-order valence-corrected chi connectivity index (χ2v) is 7.92. The molecule has 3 rings (SSSR count). The molecule has 2 aromatic rings. The first kappa shape index (κ1) is 25.1. The minimum atomic E-state index is -4.93. The van der Waals surface area contributed by atoms with Gasteiger partial charge in [0.05, 0.1) is 12.8 Å². The quantitative estimate of drug-likeness (QED) is 0.381. The van der Waals surface area contributed by atoms with Crippen molar-refractivity contribution in [2.45, 2.75) is 37.6 Å². The van der Waals surface area contributed by atoms with Gasteiger partial charge in [0.15, 0.2) is 23.4 Å². The SMILES string of the molecule is COc1c([C@H]2[C@@H](C(=O)Nc3cc[n+]([O-])c(C(N)=O)c3)O[C@](C)(C(F)(F)F)[C@H]2C)ccc(F)c1F. The summed E-state index contributed by atoms with van der Waals surface area (Å²) in [4.78, 5) is 24.4. The zero-order chi connectivity index (χ0) is 25.6. The number of carbonyl (C=O) groups is 2. The van der Waals surface area contributed by atoms with Crippen LogP contribution in [0.3, 0.4) is 0 Å². The van der Waals surface area contributed by atoms with Gasteiger partial charge in [-0.3, -0.25) is 9.59 Å². The third-order valence-corrected chi connectivity index (χ3v) is 6.01. The molecule has 0 bridgehead atoms. The maximum Gasteiger partial charge on any atom is 0.417 e. The molecule has 0 aliphatic carbocycles. The predicted molar refractivity (Wildman–Crippen MR) is 107 cm³/mol. The summed E-state index contributed by atoms with van der Waals surface area (Å²) >= 11 is 0. The van der Waals surface area contributed by atoms with E-state index in [4.69, 9.17) is 15.2 Å². The zero-order valence-electron chi connectivity index (χ0n) is 18.1. The van der Waals surface area contributed by atoms with Crippen LogP contribution in [0.1, 0.15) is 35.8 Å². The Balaban J connectivity index is 2.08. The molecule has 0 radical (unpaired) electrons. The Labute approximate surface area is 190 Å². The van der Waals surface area contributed by atoms with Crippen LogP contribution >= 0.6 is 0 Å². The summed E-state index contributed by atoms with van der Waals surface area (Å²) in [6, 6.07) is 3.76. The number of hydrogen-bond donors (Lipinski definition) is 2. The molecule has 1 aliphatic rings. The number of aromatic nitrogens is 1. The normalized spacial score (nSPS) is 24.6. The van der Waals surface area contributed by atoms with E-state index < -0.39 is 64.6 Å². The van der Waals surface area contributed by atoms with E-state index >= 15 is 0 Å². The summed E-state index contributed by atoms with van der Waals surface area (Å²) in [5, 5.41) is 13.9. The van der Waals surface area contributed by atoms with Crippen molar-refractivity contribution in [3.05, 3.63) is 58.6 Å². The zero-order valence-corrected chi connectivity index (χ0v) is 18.1. The maximum atomic E-state index is 14.4. The van der Waals surface area contributed by atoms with Gasteiger partial charge in [-0.1, -0.05) is 13.0 Å². The van der Waals surface area contributed by atoms with Crippen LogP contribution in [0.15, 0.2) is 30.5 Å². The lowest BCUT2D eigenvalue weighted by Crippen LogP contribution is -2.47. The van der Waals surface area contributed by atoms with Crippen molar-refractivity contribution in [2.75, 3.05) is 12.4 Å². The van der Waals surface area contributed by atoms with Gasteiger partial charge in [-0.05, 0) is 13.0 Å². The van der Waals surface area contributed by atoms with Gasteiger partial charge in [0.2, 0.25) is 5.82 Å². The van der Waals surface area contributed by atoms with Crippen molar-refractivity contribution in [3.8, 4) is 5.75 Å². The molecule has 2 amide bonds. The lowest BCUT2D eigenvalue weighted by Gasteiger charge is -2.32. The average Bonchev–Trinajstić information content (AvgIpc) is 3.03. The van der Waals surface area contributed by atoms with Crippen LogP contribution in [0.5, 0.6) is 5.75 Å². The largest absolute Gasteiger partial charge is 0.618 e. The smallest absolute Gasteiger partial charge is 0.417 e. The second-order valence-electron chi connectivity index (χ2n) is 7.92. The predicted octanol–water partition coefficient (Wildman–Crippen LogP) is 2.78. The molecule has 1 saturated heterocycles. The molecule has 1 aromatic heterocycles. The summed E-state index contributed by atoms with van der Waals surface area (Å²) in [5.41, 5.74) is 1.40. The van der Waals surface area contributed by atoms with Crippen LogP contribution in [-0.4, -0.2) is 36.8 Å². The van der Waals surface area contributed by atoms with E-state index in [9.17, 15) is 36.7 Å². The molecule has 13 heteroatoms. The number of hydrogen-bond acceptors (Lipinski definition) is 5. The number of amides is 2. The van der Waals surface area contributed by atoms with Crippen LogP contribution in [0.4, 0.5) is 27.6 Å². The number of primary amides is 1. The molecule has 1 aliphatic heterocycles. The fourth-order valence-corrected chi connectivity index (χ4v) is 4.00. The van der Waals surface area contributed by atoms with Gasteiger partial charge in [0.1, 0.15) is 6.10 Å². The molecule has 0 saturated carbocycles. The van der Waals surface area contributed by atoms with Crippen molar-refractivity contribution in [3.63, 3.8) is 0 Å². The molecule has 184 valence electrons. The number of nitrogens with one attached hydrogen (secondary N) is 1.